The van der Waals surface area contributed by atoms with Crippen LogP contribution in [0.3, 0.4) is 0 Å². The van der Waals surface area contributed by atoms with Gasteiger partial charge >= 0.3 is 0 Å². The Balaban J connectivity index is 1.55. The topological polar surface area (TPSA) is 17.1 Å². The maximum Gasteiger partial charge on any atom is 0.138 e. The predicted molar refractivity (Wildman–Crippen MR) is 130 cm³/mol. The Kier molecular flexibility index (Phi) is 4.66. The molecule has 0 radical (unpaired) electrons. The van der Waals surface area contributed by atoms with Crippen molar-refractivity contribution < 1.29 is 4.79 Å². The Morgan fingerprint density at radius 1 is 0.774 bits per heavy atom. The number of carbonyl (C=O) groups is 1. The number of carbonyl (C=O) groups excluding carboxylic acids is 1. The van der Waals surface area contributed by atoms with Crippen LogP contribution in [0.4, 0.5) is 0 Å². The maximum atomic E-state index is 12.9. The molecule has 1 nitrogen and oxygen atoms in total. The lowest BCUT2D eigenvalue weighted by molar-refractivity contribution is -0.239. The van der Waals surface area contributed by atoms with Crippen molar-refractivity contribution in [2.75, 3.05) is 0 Å². The van der Waals surface area contributed by atoms with Gasteiger partial charge in [-0.2, -0.15) is 0 Å². The third kappa shape index (κ3) is 2.59. The van der Waals surface area contributed by atoms with Gasteiger partial charge in [0.05, 0.1) is 0 Å². The molecule has 0 bridgehead atoms. The molecule has 1 heteroatoms. The summed E-state index contributed by atoms with van der Waals surface area (Å²) in [4.78, 5) is 12.9. The molecule has 0 amide bonds. The van der Waals surface area contributed by atoms with Crippen molar-refractivity contribution in [3.8, 4) is 0 Å². The van der Waals surface area contributed by atoms with Crippen LogP contribution in [-0.2, 0) is 4.79 Å². The van der Waals surface area contributed by atoms with E-state index in [0.717, 1.165) is 30.6 Å². The van der Waals surface area contributed by atoms with Crippen LogP contribution in [-0.4, -0.2) is 5.78 Å². The average Bonchev–Trinajstić information content (AvgIpc) is 2.69. The van der Waals surface area contributed by atoms with Crippen molar-refractivity contribution in [1.29, 1.82) is 0 Å². The van der Waals surface area contributed by atoms with Crippen LogP contribution in [0.2, 0.25) is 0 Å². The Morgan fingerprint density at radius 2 is 1.48 bits per heavy atom. The summed E-state index contributed by atoms with van der Waals surface area (Å²) < 4.78 is 0. The van der Waals surface area contributed by atoms with Crippen molar-refractivity contribution in [3.05, 3.63) is 12.2 Å². The Hall–Kier alpha value is -0.590. The number of rotatable bonds is 0. The highest BCUT2D eigenvalue weighted by Gasteiger charge is 2.69. The van der Waals surface area contributed by atoms with Gasteiger partial charge in [0.2, 0.25) is 0 Å². The van der Waals surface area contributed by atoms with Crippen molar-refractivity contribution in [2.45, 2.75) is 113 Å². The minimum Gasteiger partial charge on any atom is -0.299 e. The van der Waals surface area contributed by atoms with E-state index in [0.29, 0.717) is 39.3 Å². The third-order valence-electron chi connectivity index (χ3n) is 13.3. The van der Waals surface area contributed by atoms with Crippen molar-refractivity contribution in [3.63, 3.8) is 0 Å². The molecule has 174 valence electrons. The van der Waals surface area contributed by atoms with Gasteiger partial charge in [-0.25, -0.2) is 0 Å². The maximum absolute atomic E-state index is 12.9. The molecule has 0 aromatic rings. The Labute approximate surface area is 192 Å². The molecule has 1 unspecified atom stereocenters. The monoisotopic (exact) mass is 424 g/mol. The lowest BCUT2D eigenvalue weighted by Gasteiger charge is -2.73. The van der Waals surface area contributed by atoms with Gasteiger partial charge in [-0.15, -0.1) is 0 Å². The van der Waals surface area contributed by atoms with Crippen LogP contribution in [0, 0.1) is 56.7 Å². The van der Waals surface area contributed by atoms with Crippen molar-refractivity contribution in [1.82, 2.24) is 0 Å². The van der Waals surface area contributed by atoms with Gasteiger partial charge < -0.3 is 0 Å². The summed E-state index contributed by atoms with van der Waals surface area (Å²) in [5.74, 6) is 4.22. The summed E-state index contributed by atoms with van der Waals surface area (Å²) in [6, 6.07) is 0. The van der Waals surface area contributed by atoms with E-state index in [9.17, 15) is 4.79 Å². The summed E-state index contributed by atoms with van der Waals surface area (Å²) in [5, 5.41) is 0. The molecular formula is C30H48O. The molecule has 5 rings (SSSR count). The first-order chi connectivity index (χ1) is 14.3. The first-order valence-corrected chi connectivity index (χ1v) is 13.5. The summed E-state index contributed by atoms with van der Waals surface area (Å²) in [6.45, 7) is 22.3. The van der Waals surface area contributed by atoms with E-state index in [2.05, 4.69) is 55.0 Å². The van der Waals surface area contributed by atoms with Gasteiger partial charge in [0.15, 0.2) is 0 Å². The third-order valence-corrected chi connectivity index (χ3v) is 13.3. The Bertz CT molecular complexity index is 807. The minimum atomic E-state index is -0.132. The van der Waals surface area contributed by atoms with Crippen molar-refractivity contribution >= 4 is 5.78 Å². The normalized spacial score (nSPS) is 56.2. The molecule has 5 aliphatic rings. The van der Waals surface area contributed by atoms with E-state index in [1.54, 1.807) is 0 Å². The van der Waals surface area contributed by atoms with E-state index in [4.69, 9.17) is 0 Å². The molecule has 9 atom stereocenters. The highest BCUT2D eigenvalue weighted by atomic mass is 16.1. The molecule has 5 fully saturated rings. The molecule has 5 saturated carbocycles. The lowest BCUT2D eigenvalue weighted by atomic mass is 9.31. The molecule has 0 aliphatic heterocycles. The second-order valence-electron chi connectivity index (χ2n) is 14.4. The fourth-order valence-corrected chi connectivity index (χ4v) is 11.2. The number of Topliss-reactive ketones (excluding diaryl/α,β-unsaturated/α-hetero) is 1. The van der Waals surface area contributed by atoms with E-state index in [1.165, 1.54) is 56.9 Å². The first kappa shape index (κ1) is 22.2. The van der Waals surface area contributed by atoms with Crippen LogP contribution >= 0.6 is 0 Å². The van der Waals surface area contributed by atoms with E-state index in [1.807, 2.05) is 0 Å². The van der Waals surface area contributed by atoms with Crippen LogP contribution in [0.1, 0.15) is 113 Å². The molecular weight excluding hydrogens is 376 g/mol. The fourth-order valence-electron chi connectivity index (χ4n) is 11.2. The molecule has 0 heterocycles. The van der Waals surface area contributed by atoms with Crippen LogP contribution < -0.4 is 0 Å². The molecule has 0 N–H and O–H groups in total. The van der Waals surface area contributed by atoms with Crippen molar-refractivity contribution in [2.24, 2.45) is 56.7 Å². The second-order valence-corrected chi connectivity index (χ2v) is 14.4. The molecule has 0 aromatic carbocycles. The van der Waals surface area contributed by atoms with E-state index >= 15 is 0 Å². The van der Waals surface area contributed by atoms with Gasteiger partial charge in [0, 0.05) is 11.8 Å². The summed E-state index contributed by atoms with van der Waals surface area (Å²) in [6.07, 6.45) is 12.8. The van der Waals surface area contributed by atoms with Gasteiger partial charge in [-0.05, 0) is 109 Å². The fraction of sp³-hybridized carbons (Fsp3) is 0.900. The largest absolute Gasteiger partial charge is 0.299 e. The van der Waals surface area contributed by atoms with E-state index < -0.39 is 0 Å². The highest BCUT2D eigenvalue weighted by Crippen LogP contribution is 2.76. The van der Waals surface area contributed by atoms with E-state index in [-0.39, 0.29) is 5.41 Å². The number of fused-ring (bicyclic) bond motifs is 7. The second kappa shape index (κ2) is 6.50. The van der Waals surface area contributed by atoms with Crippen LogP contribution in [0.25, 0.3) is 0 Å². The number of hydrogen-bond acceptors (Lipinski definition) is 1. The molecule has 0 saturated heterocycles. The standard InChI is InChI=1S/C30H48O/c1-19-11-14-27(5)17-18-29(7)21(25(27)20(19)2)9-10-23-28(6)15-13-24(31)26(3,4)22(28)12-16-30(23,29)8/h20-23,25H,1,9-18H2,2-8H3/t20?,21-,22+,23-,25-,27-,28+,29-,30-/m1/s1. The van der Waals surface area contributed by atoms with Crippen LogP contribution in [0.5, 0.6) is 0 Å². The number of hydrogen-bond donors (Lipinski definition) is 0. The lowest BCUT2D eigenvalue weighted by Crippen LogP contribution is -2.66. The molecule has 0 spiro atoms. The molecule has 31 heavy (non-hydrogen) atoms. The molecule has 5 aliphatic carbocycles. The smallest absolute Gasteiger partial charge is 0.138 e. The van der Waals surface area contributed by atoms with Gasteiger partial charge in [0.1, 0.15) is 5.78 Å². The minimum absolute atomic E-state index is 0.132. The van der Waals surface area contributed by atoms with Gasteiger partial charge in [-0.3, -0.25) is 4.79 Å². The highest BCUT2D eigenvalue weighted by molar-refractivity contribution is 5.85. The zero-order valence-corrected chi connectivity index (χ0v) is 21.6. The van der Waals surface area contributed by atoms with Crippen LogP contribution in [0.15, 0.2) is 12.2 Å². The summed E-state index contributed by atoms with van der Waals surface area (Å²) in [7, 11) is 0. The zero-order valence-electron chi connectivity index (χ0n) is 21.6. The predicted octanol–water partition coefficient (Wildman–Crippen LogP) is 8.23. The zero-order chi connectivity index (χ0) is 22.6. The SMILES string of the molecule is C=C1CC[C@]2(C)CC[C@]3(C)[C@H](CC[C@@H]4[C@@]5(C)CCC(=O)C(C)(C)[C@@H]5CC[C@]43C)[C@H]2C1C. The van der Waals surface area contributed by atoms with Gasteiger partial charge in [-0.1, -0.05) is 60.6 Å². The average molecular weight is 425 g/mol. The Morgan fingerprint density at radius 3 is 2.19 bits per heavy atom. The first-order valence-electron chi connectivity index (χ1n) is 13.5. The number of ketones is 1. The summed E-state index contributed by atoms with van der Waals surface area (Å²) in [5.41, 5.74) is 3.10. The molecule has 0 aromatic heterocycles. The van der Waals surface area contributed by atoms with Gasteiger partial charge in [0.25, 0.3) is 0 Å². The summed E-state index contributed by atoms with van der Waals surface area (Å²) >= 11 is 0. The quantitative estimate of drug-likeness (QED) is 0.358. The number of allylic oxidation sites excluding steroid dienone is 1.